The second-order valence-electron chi connectivity index (χ2n) is 40.9. The molecule has 6 fully saturated rings. The highest BCUT2D eigenvalue weighted by Gasteiger charge is 2.56. The number of esters is 2. The first-order chi connectivity index (χ1) is 65.6. The van der Waals surface area contributed by atoms with E-state index < -0.39 is 150 Å². The molecule has 4 saturated heterocycles. The fourth-order valence-corrected chi connectivity index (χ4v) is 21.6. The maximum Gasteiger partial charge on any atom is 0.329 e. The van der Waals surface area contributed by atoms with Crippen molar-refractivity contribution < 1.29 is 111 Å². The zero-order chi connectivity index (χ0) is 101. The van der Waals surface area contributed by atoms with Crippen LogP contribution in [0, 0.1) is 71.0 Å². The molecule has 2 saturated carbocycles. The lowest BCUT2D eigenvalue weighted by Crippen LogP contribution is -2.61. The summed E-state index contributed by atoms with van der Waals surface area (Å²) in [6.07, 6.45) is 29.3. The summed E-state index contributed by atoms with van der Waals surface area (Å²) in [5.74, 6) is -14.7. The van der Waals surface area contributed by atoms with Gasteiger partial charge in [0.15, 0.2) is 12.1 Å². The minimum Gasteiger partial charge on any atom is -0.460 e. The quantitative estimate of drug-likeness (QED) is 0.0775. The average Bonchev–Trinajstić information content (AvgIpc) is 0.915. The van der Waals surface area contributed by atoms with Crippen LogP contribution in [0.1, 0.15) is 263 Å². The van der Waals surface area contributed by atoms with E-state index in [1.165, 1.54) is 23.2 Å². The van der Waals surface area contributed by atoms with Crippen molar-refractivity contribution in [3.8, 4) is 0 Å². The van der Waals surface area contributed by atoms with Gasteiger partial charge in [-0.15, -0.1) is 15.3 Å². The standard InChI is InChI=1S/C53H81N5O11.C52H79N5O12/c1-32-17-13-12-14-18-33(2)45(65-9)29-41-22-20-38(7)53(64,69-41)50(61)51(62)57-24-16-15-19-43(57)52(63)68-46(36(5)27-40-21-23-42(47(28-40)66-10)58-55-31-54-56-58)30-44(59)35(4)26-37(6)48(60)49(67-11)39(8)34(3)25-32;1-31-16-12-11-13-17-32(2)43(65-8)28-39-21-19-37(7)52(64,69-39)49(61)50(62)56-23-15-14-18-41(56)51(63)68-44(34(4)26-38-20-22-40(45(27-38)66-9)57-30-53-54-55-57)29-42(58)33(3)25-36(6)47(60)48(67-10)46(59)35(5)24-31/h12-14,17-18,26,31-32,34-36,38,40-43,45-49,60,64H,8,15-16,19-25,27-30H2,1-7,9-11H3;11-13,16-17,25,30-31,33-35,37-41,43-45,47-48,60,64H,14-15,18-24,26-29H2,1-10H3/b14-12+,17-13+,33-18+,37-26+;13-11+,16-12+,32-17+,36-25+/t32-,34?,35-,36-,38-,40+,41+,42+,43+,45+,46+,47-,48-,49?,53?;31-,33-,34-,35?,37-,38+,39+,40+,41+,43+,44+,45-,47-,48?,52?/m11/s1. The molecule has 6 unspecified atom stereocenters. The third kappa shape index (κ3) is 29.9. The van der Waals surface area contributed by atoms with E-state index in [-0.39, 0.29) is 122 Å². The van der Waals surface area contributed by atoms with Gasteiger partial charge in [0.2, 0.25) is 11.6 Å². The zero-order valence-corrected chi connectivity index (χ0v) is 85.4. The number of amides is 2. The molecule has 2 aliphatic carbocycles. The molecule has 2 amide bonds. The van der Waals surface area contributed by atoms with Crippen molar-refractivity contribution in [1.29, 1.82) is 0 Å². The molecule has 10 rings (SSSR count). The summed E-state index contributed by atoms with van der Waals surface area (Å²) in [7, 11) is 9.43. The number of cyclic esters (lactones) is 2. The zero-order valence-electron chi connectivity index (χ0n) is 85.4. The molecule has 138 heavy (non-hydrogen) atoms. The normalized spacial score (nSPS) is 38.8. The number of ketones is 5. The molecule has 8 aliphatic rings. The van der Waals surface area contributed by atoms with Crippen LogP contribution >= 0.6 is 0 Å². The Labute approximate surface area is 816 Å². The van der Waals surface area contributed by atoms with Crippen LogP contribution in [0.2, 0.25) is 0 Å². The number of carbonyl (C=O) groups is 9. The number of rotatable bonds is 14. The Hall–Kier alpha value is -8.45. The lowest BCUT2D eigenvalue weighted by atomic mass is 9.77. The first-order valence-electron chi connectivity index (χ1n) is 50.2. The molecule has 4 N–H and O–H groups in total. The molecule has 0 aromatic carbocycles. The summed E-state index contributed by atoms with van der Waals surface area (Å²) in [6, 6.07) is -2.40. The van der Waals surface area contributed by atoms with E-state index >= 15 is 0 Å². The van der Waals surface area contributed by atoms with Crippen molar-refractivity contribution in [3.63, 3.8) is 0 Å². The molecule has 2 aromatic heterocycles. The fourth-order valence-electron chi connectivity index (χ4n) is 21.6. The fraction of sp³-hybridized carbons (Fsp3) is 0.724. The molecule has 33 heteroatoms. The number of allylic oxidation sites excluding steroid dienone is 12. The number of methoxy groups -OCH3 is 6. The van der Waals surface area contributed by atoms with Crippen molar-refractivity contribution in [3.05, 3.63) is 120 Å². The summed E-state index contributed by atoms with van der Waals surface area (Å²) in [6.45, 7) is 30.6. The van der Waals surface area contributed by atoms with Gasteiger partial charge in [-0.05, 0) is 241 Å². The number of tetrazole rings is 2. The summed E-state index contributed by atoms with van der Waals surface area (Å²) < 4.78 is 61.8. The van der Waals surface area contributed by atoms with Gasteiger partial charge in [-0.2, -0.15) is 4.80 Å². The molecule has 33 nitrogen and oxygen atoms in total. The largest absolute Gasteiger partial charge is 0.460 e. The third-order valence-electron chi connectivity index (χ3n) is 30.6. The van der Waals surface area contributed by atoms with Gasteiger partial charge in [-0.1, -0.05) is 149 Å². The summed E-state index contributed by atoms with van der Waals surface area (Å²) in [5, 5.41) is 71.1. The van der Waals surface area contributed by atoms with Crippen LogP contribution < -0.4 is 0 Å². The SMILES string of the molecule is C=C1C(C)C[C@H](C)/C=C/C=C/C=C(\C)[C@@H](OC)C[C@@H]2CC[C@@H](C)C(O)(O2)C(=O)C(=O)N2CCCC[C@H]2C(=O)O[C@H]([C@H](C)C[C@@H]2CC[C@H](n3ncnn3)[C@H](OC)C2)CC(=O)[C@H](C)/C=C(\C)[C@@H](O)C1OC.COC1C(=O)C(C)C[C@H](C)/C=C/C=C/C=C(\C)[C@@H](OC)C[C@@H]2CC[C@@H](C)C(O)(O2)C(=O)C(=O)N2CCCC[C@H]2C(=O)O[C@H]([C@H](C)C[C@@H]2CC[C@H](n3cnnn3)[C@H](OC)C2)CC(=O)[C@H](C)/C=C(\C)[C@H]1O. The third-order valence-corrected chi connectivity index (χ3v) is 30.6. The average molecular weight is 1930 g/mol. The van der Waals surface area contributed by atoms with Gasteiger partial charge in [0.1, 0.15) is 66.6 Å². The van der Waals surface area contributed by atoms with Crippen LogP contribution in [0.5, 0.6) is 0 Å². The second-order valence-corrected chi connectivity index (χ2v) is 40.9. The van der Waals surface area contributed by atoms with Crippen LogP contribution in [0.15, 0.2) is 120 Å². The molecule has 4 bridgehead atoms. The Morgan fingerprint density at radius 1 is 0.486 bits per heavy atom. The summed E-state index contributed by atoms with van der Waals surface area (Å²) in [5.41, 5.74) is 3.48. The second kappa shape index (κ2) is 53.6. The predicted octanol–water partition coefficient (Wildman–Crippen LogP) is 13.1. The molecule has 0 radical (unpaired) electrons. The number of Topliss-reactive ketones (excluding diaryl/α,β-unsaturated/α-hetero) is 5. The Balaban J connectivity index is 0.000000309. The number of aromatic nitrogens is 8. The molecule has 30 atom stereocenters. The lowest BCUT2D eigenvalue weighted by molar-refractivity contribution is -0.265. The molecule has 6 aliphatic heterocycles. The van der Waals surface area contributed by atoms with Gasteiger partial charge in [0.25, 0.3) is 23.4 Å². The number of aliphatic hydroxyl groups excluding tert-OH is 2. The first kappa shape index (κ1) is 113. The Morgan fingerprint density at radius 3 is 1.35 bits per heavy atom. The first-order valence-corrected chi connectivity index (χ1v) is 50.2. The molecule has 2 aromatic rings. The van der Waals surface area contributed by atoms with E-state index in [0.717, 1.165) is 48.8 Å². The van der Waals surface area contributed by atoms with Crippen LogP contribution in [0.3, 0.4) is 0 Å². The van der Waals surface area contributed by atoms with Crippen molar-refractivity contribution in [1.82, 2.24) is 50.2 Å². The van der Waals surface area contributed by atoms with E-state index in [1.54, 1.807) is 105 Å². The predicted molar refractivity (Wildman–Crippen MR) is 516 cm³/mol. The van der Waals surface area contributed by atoms with Gasteiger partial charge in [-0.3, -0.25) is 33.6 Å². The van der Waals surface area contributed by atoms with Crippen LogP contribution in [-0.2, 0) is 90.5 Å². The highest BCUT2D eigenvalue weighted by atomic mass is 16.6. The highest BCUT2D eigenvalue weighted by Crippen LogP contribution is 2.44. The van der Waals surface area contributed by atoms with Crippen LogP contribution in [-0.4, -0.2) is 276 Å². The number of hydrogen-bond donors (Lipinski definition) is 4. The molecule has 0 spiro atoms. The van der Waals surface area contributed by atoms with E-state index in [9.17, 15) is 63.6 Å². The van der Waals surface area contributed by atoms with Gasteiger partial charge in [0, 0.05) is 111 Å². The summed E-state index contributed by atoms with van der Waals surface area (Å²) in [4.78, 5) is 133. The number of ether oxygens (including phenoxy) is 10. The van der Waals surface area contributed by atoms with E-state index in [1.807, 2.05) is 96.2 Å². The monoisotopic (exact) mass is 1930 g/mol. The highest BCUT2D eigenvalue weighted by molar-refractivity contribution is 6.39. The Morgan fingerprint density at radius 2 is 0.928 bits per heavy atom. The van der Waals surface area contributed by atoms with Gasteiger partial charge in [-0.25, -0.2) is 14.3 Å². The van der Waals surface area contributed by atoms with Crippen molar-refractivity contribution in [2.45, 2.75) is 360 Å². The molecule has 768 valence electrons. The van der Waals surface area contributed by atoms with E-state index in [0.29, 0.717) is 107 Å². The van der Waals surface area contributed by atoms with E-state index in [2.05, 4.69) is 57.4 Å². The van der Waals surface area contributed by atoms with Gasteiger partial charge in [0.05, 0.1) is 48.7 Å². The van der Waals surface area contributed by atoms with Crippen LogP contribution in [0.25, 0.3) is 0 Å². The van der Waals surface area contributed by atoms with Crippen LogP contribution in [0.4, 0.5) is 0 Å². The number of fused-ring (bicyclic) bond motifs is 6. The number of piperidine rings is 2. The van der Waals surface area contributed by atoms with E-state index in [4.69, 9.17) is 47.4 Å². The lowest BCUT2D eigenvalue weighted by Gasteiger charge is -2.42. The van der Waals surface area contributed by atoms with Crippen molar-refractivity contribution >= 4 is 52.7 Å². The maximum absolute atomic E-state index is 14.5. The minimum absolute atomic E-state index is 0.000520. The number of nitrogens with zero attached hydrogens (tertiary/aromatic N) is 10. The maximum atomic E-state index is 14.5. The minimum atomic E-state index is -2.43. The number of hydrogen-bond acceptors (Lipinski definition) is 29. The smallest absolute Gasteiger partial charge is 0.329 e. The van der Waals surface area contributed by atoms with Gasteiger partial charge < -0.3 is 77.6 Å². The topological polar surface area (TPSA) is 421 Å². The van der Waals surface area contributed by atoms with Crippen molar-refractivity contribution in [2.75, 3.05) is 55.7 Å². The molecular formula is C105H160N10O23. The number of aliphatic hydroxyl groups is 4. The number of carbonyl (C=O) groups excluding carboxylic acids is 9. The molecule has 8 heterocycles. The Bertz CT molecular complexity index is 4320. The summed E-state index contributed by atoms with van der Waals surface area (Å²) >= 11 is 0. The Kier molecular flexibility index (Phi) is 43.9. The van der Waals surface area contributed by atoms with Gasteiger partial charge >= 0.3 is 11.9 Å². The van der Waals surface area contributed by atoms with Crippen molar-refractivity contribution in [2.24, 2.45) is 71.0 Å². The molecular weight excluding hydrogens is 1770 g/mol.